The Hall–Kier alpha value is -0.407. The van der Waals surface area contributed by atoms with E-state index in [0.29, 0.717) is 0 Å². The van der Waals surface area contributed by atoms with Gasteiger partial charge in [-0.1, -0.05) is 12.1 Å². The van der Waals surface area contributed by atoms with Crippen LogP contribution in [0.15, 0.2) is 24.3 Å². The van der Waals surface area contributed by atoms with E-state index in [4.69, 9.17) is 5.21 Å². The molecule has 1 N–H and O–H groups in total. The fourth-order valence-corrected chi connectivity index (χ4v) is 1.18. The molecule has 1 aromatic rings. The first kappa shape index (κ1) is 10.7. The summed E-state index contributed by atoms with van der Waals surface area (Å²) in [6.45, 7) is 0. The third-order valence-corrected chi connectivity index (χ3v) is 1.77. The van der Waals surface area contributed by atoms with E-state index in [1.807, 2.05) is 0 Å². The van der Waals surface area contributed by atoms with Gasteiger partial charge in [0, 0.05) is 38.2 Å². The molecule has 5 heteroatoms. The number of hydrogen-bond acceptors (Lipinski definition) is 3. The fourth-order valence-electron chi connectivity index (χ4n) is 1.18. The Labute approximate surface area is 105 Å². The zero-order chi connectivity index (χ0) is 8.72. The SMILES string of the molecule is O=C1c2ccccc2C(=O)N1O.[Dy]. The van der Waals surface area contributed by atoms with Gasteiger partial charge in [-0.3, -0.25) is 14.8 Å². The van der Waals surface area contributed by atoms with Crippen LogP contribution in [0.2, 0.25) is 0 Å². The molecule has 1 aliphatic heterocycles. The van der Waals surface area contributed by atoms with Gasteiger partial charge in [-0.05, 0) is 12.1 Å². The van der Waals surface area contributed by atoms with E-state index < -0.39 is 11.8 Å². The minimum Gasteiger partial charge on any atom is -0.278 e. The Bertz CT molecular complexity index is 342. The van der Waals surface area contributed by atoms with Crippen molar-refractivity contribution in [3.8, 4) is 0 Å². The predicted octanol–water partition coefficient (Wildman–Crippen LogP) is 0.672. The van der Waals surface area contributed by atoms with Crippen LogP contribution in [0.4, 0.5) is 0 Å². The number of nitrogens with zero attached hydrogens (tertiary/aromatic N) is 1. The van der Waals surface area contributed by atoms with Gasteiger partial charge >= 0.3 is 0 Å². The van der Waals surface area contributed by atoms with E-state index in [1.54, 1.807) is 12.1 Å². The second kappa shape index (κ2) is 3.76. The number of hydroxylamine groups is 2. The molecule has 0 aliphatic carbocycles. The summed E-state index contributed by atoms with van der Waals surface area (Å²) in [4.78, 5) is 22.1. The second-order valence-electron chi connectivity index (χ2n) is 2.47. The van der Waals surface area contributed by atoms with E-state index in [1.165, 1.54) is 12.1 Å². The summed E-state index contributed by atoms with van der Waals surface area (Å²) in [5.74, 6) is -1.31. The summed E-state index contributed by atoms with van der Waals surface area (Å²) < 4.78 is 0. The molecular weight excluding hydrogens is 321 g/mol. The number of carbonyl (C=O) groups excluding carboxylic acids is 2. The minimum atomic E-state index is -0.657. The molecule has 0 spiro atoms. The van der Waals surface area contributed by atoms with Crippen molar-refractivity contribution in [2.75, 3.05) is 0 Å². The van der Waals surface area contributed by atoms with Gasteiger partial charge in [0.1, 0.15) is 0 Å². The van der Waals surface area contributed by atoms with Gasteiger partial charge in [0.25, 0.3) is 11.8 Å². The van der Waals surface area contributed by atoms with E-state index in [0.717, 1.165) is 0 Å². The molecule has 0 bridgehead atoms. The quantitative estimate of drug-likeness (QED) is 0.563. The van der Waals surface area contributed by atoms with Gasteiger partial charge in [-0.2, -0.15) is 0 Å². The summed E-state index contributed by atoms with van der Waals surface area (Å²) in [5.41, 5.74) is 0.509. The molecule has 0 saturated heterocycles. The first-order valence-electron chi connectivity index (χ1n) is 3.38. The average molecular weight is 326 g/mol. The molecule has 4 nitrogen and oxygen atoms in total. The van der Waals surface area contributed by atoms with Crippen LogP contribution in [-0.2, 0) is 0 Å². The van der Waals surface area contributed by atoms with Crippen LogP contribution in [0.25, 0.3) is 0 Å². The van der Waals surface area contributed by atoms with Gasteiger partial charge in [-0.25, -0.2) is 0 Å². The van der Waals surface area contributed by atoms with Crippen molar-refractivity contribution in [1.82, 2.24) is 5.06 Å². The largest absolute Gasteiger partial charge is 0.285 e. The summed E-state index contributed by atoms with van der Waals surface area (Å²) >= 11 is 0. The number of fused-ring (bicyclic) bond motifs is 1. The Morgan fingerprint density at radius 3 is 1.77 bits per heavy atom. The molecule has 0 radical (unpaired) electrons. The van der Waals surface area contributed by atoms with Crippen LogP contribution < -0.4 is 0 Å². The van der Waals surface area contributed by atoms with Crippen LogP contribution in [0.5, 0.6) is 0 Å². The summed E-state index contributed by atoms with van der Waals surface area (Å²) in [7, 11) is 0. The number of rotatable bonds is 0. The number of imide groups is 1. The Morgan fingerprint density at radius 1 is 1.00 bits per heavy atom. The zero-order valence-corrected chi connectivity index (χ0v) is 8.37. The van der Waals surface area contributed by atoms with Crippen molar-refractivity contribution in [3.63, 3.8) is 0 Å². The van der Waals surface area contributed by atoms with Crippen molar-refractivity contribution >= 4 is 11.8 Å². The molecule has 0 fully saturated rings. The Balaban J connectivity index is 0.000000845. The molecular formula is C8H5DyNO3. The predicted molar refractivity (Wildman–Crippen MR) is 38.7 cm³/mol. The molecule has 2 amide bonds. The van der Waals surface area contributed by atoms with Gasteiger partial charge in [0.2, 0.25) is 0 Å². The number of amides is 2. The first-order valence-corrected chi connectivity index (χ1v) is 3.38. The van der Waals surface area contributed by atoms with Gasteiger partial charge in [-0.15, -0.1) is 5.06 Å². The van der Waals surface area contributed by atoms with Crippen LogP contribution in [0.3, 0.4) is 0 Å². The molecule has 0 unspecified atom stereocenters. The van der Waals surface area contributed by atoms with Crippen molar-refractivity contribution in [2.24, 2.45) is 0 Å². The molecule has 1 aliphatic rings. The first-order chi connectivity index (χ1) is 5.72. The maximum absolute atomic E-state index is 11.1. The third kappa shape index (κ3) is 1.51. The fraction of sp³-hybridized carbons (Fsp3) is 0. The van der Waals surface area contributed by atoms with Crippen molar-refractivity contribution < 1.29 is 53.0 Å². The van der Waals surface area contributed by atoms with Gasteiger partial charge in [0.05, 0.1) is 11.1 Å². The second-order valence-corrected chi connectivity index (χ2v) is 2.47. The van der Waals surface area contributed by atoms with Crippen LogP contribution in [-0.4, -0.2) is 22.1 Å². The summed E-state index contributed by atoms with van der Waals surface area (Å²) in [6, 6.07) is 6.30. The Morgan fingerprint density at radius 2 is 1.38 bits per heavy atom. The molecule has 0 aromatic heterocycles. The van der Waals surface area contributed by atoms with Crippen LogP contribution in [0, 0.1) is 38.2 Å². The standard InChI is InChI=1S/C8H5NO3.Dy/c10-7-5-3-1-2-4-6(5)8(11)9(7)12;/h1-4,12H;. The van der Waals surface area contributed by atoms with Gasteiger partial charge < -0.3 is 0 Å². The molecule has 0 saturated carbocycles. The molecule has 70 valence electrons. The molecule has 1 aromatic carbocycles. The number of carbonyl (C=O) groups is 2. The van der Waals surface area contributed by atoms with Crippen LogP contribution in [0.1, 0.15) is 20.7 Å². The van der Waals surface area contributed by atoms with Crippen molar-refractivity contribution in [3.05, 3.63) is 35.4 Å². The molecule has 1 heterocycles. The maximum atomic E-state index is 11.1. The normalized spacial score (nSPS) is 14.1. The Kier molecular flexibility index (Phi) is 3.09. The zero-order valence-electron chi connectivity index (χ0n) is 6.34. The molecule has 0 atom stereocenters. The smallest absolute Gasteiger partial charge is 0.278 e. The van der Waals surface area contributed by atoms with E-state index in [2.05, 4.69) is 0 Å². The molecule has 13 heavy (non-hydrogen) atoms. The van der Waals surface area contributed by atoms with Crippen molar-refractivity contribution in [2.45, 2.75) is 0 Å². The monoisotopic (exact) mass is 327 g/mol. The maximum Gasteiger partial charge on any atom is 0.285 e. The average Bonchev–Trinajstić information content (AvgIpc) is 2.33. The third-order valence-electron chi connectivity index (χ3n) is 1.77. The van der Waals surface area contributed by atoms with Crippen molar-refractivity contribution in [1.29, 1.82) is 0 Å². The summed E-state index contributed by atoms with van der Waals surface area (Å²) in [5, 5.41) is 9.05. The van der Waals surface area contributed by atoms with Gasteiger partial charge in [0.15, 0.2) is 0 Å². The topological polar surface area (TPSA) is 57.6 Å². The molecule has 2 rings (SSSR count). The van der Waals surface area contributed by atoms with Crippen LogP contribution >= 0.6 is 0 Å². The number of benzene rings is 1. The number of hydrogen-bond donors (Lipinski definition) is 1. The summed E-state index contributed by atoms with van der Waals surface area (Å²) in [6.07, 6.45) is 0. The minimum absolute atomic E-state index is 0. The van der Waals surface area contributed by atoms with E-state index in [9.17, 15) is 9.59 Å². The van der Waals surface area contributed by atoms with E-state index >= 15 is 0 Å². The van der Waals surface area contributed by atoms with E-state index in [-0.39, 0.29) is 54.4 Å².